The predicted octanol–water partition coefficient (Wildman–Crippen LogP) is 5.05. The summed E-state index contributed by atoms with van der Waals surface area (Å²) >= 11 is 0. The molecule has 0 aliphatic heterocycles. The first-order valence-electron chi connectivity index (χ1n) is 13.2. The van der Waals surface area contributed by atoms with E-state index in [1.165, 1.54) is 24.3 Å². The molecule has 0 bridgehead atoms. The number of rotatable bonds is 12. The Hall–Kier alpha value is -5.64. The lowest BCUT2D eigenvalue weighted by atomic mass is 9.99. The van der Waals surface area contributed by atoms with Gasteiger partial charge in [0.05, 0.1) is 49.6 Å². The zero-order chi connectivity index (χ0) is 30.9. The maximum absolute atomic E-state index is 12.6. The third-order valence-corrected chi connectivity index (χ3v) is 6.63. The van der Waals surface area contributed by atoms with E-state index in [1.807, 2.05) is 0 Å². The summed E-state index contributed by atoms with van der Waals surface area (Å²) in [5.74, 6) is -1.88. The minimum atomic E-state index is -1.22. The van der Waals surface area contributed by atoms with Gasteiger partial charge in [-0.2, -0.15) is 0 Å². The highest BCUT2D eigenvalue weighted by atomic mass is 16.5. The van der Waals surface area contributed by atoms with Gasteiger partial charge in [-0.1, -0.05) is 36.4 Å². The molecule has 0 saturated heterocycles. The van der Waals surface area contributed by atoms with Crippen molar-refractivity contribution in [2.45, 2.75) is 19.3 Å². The van der Waals surface area contributed by atoms with Gasteiger partial charge in [0, 0.05) is 0 Å². The molecule has 43 heavy (non-hydrogen) atoms. The van der Waals surface area contributed by atoms with Gasteiger partial charge in [0.2, 0.25) is 11.8 Å². The highest BCUT2D eigenvalue weighted by molar-refractivity contribution is 6.02. The number of carboxylic acid groups (broad SMARTS) is 2. The van der Waals surface area contributed by atoms with Gasteiger partial charge in [0.25, 0.3) is 0 Å². The molecular formula is C33H30N2O8. The monoisotopic (exact) mass is 582 g/mol. The number of anilines is 2. The smallest absolute Gasteiger partial charge is 0.337 e. The molecule has 0 aliphatic rings. The van der Waals surface area contributed by atoms with E-state index in [-0.39, 0.29) is 53.6 Å². The van der Waals surface area contributed by atoms with E-state index in [0.717, 1.165) is 11.1 Å². The fourth-order valence-electron chi connectivity index (χ4n) is 4.46. The normalized spacial score (nSPS) is 10.5. The van der Waals surface area contributed by atoms with Crippen LogP contribution >= 0.6 is 0 Å². The second-order valence-corrected chi connectivity index (χ2v) is 9.69. The van der Waals surface area contributed by atoms with Crippen LogP contribution in [0.25, 0.3) is 0 Å². The summed E-state index contributed by atoms with van der Waals surface area (Å²) in [4.78, 5) is 49.2. The largest absolute Gasteiger partial charge is 0.497 e. The Morgan fingerprint density at radius 3 is 1.23 bits per heavy atom. The molecule has 4 aromatic rings. The van der Waals surface area contributed by atoms with Gasteiger partial charge >= 0.3 is 11.9 Å². The van der Waals surface area contributed by atoms with Gasteiger partial charge in [0.1, 0.15) is 11.5 Å². The van der Waals surface area contributed by atoms with Crippen LogP contribution in [-0.2, 0) is 28.9 Å². The van der Waals surface area contributed by atoms with Gasteiger partial charge in [-0.05, 0) is 77.2 Å². The number of ether oxygens (including phenoxy) is 2. The number of hydrogen-bond acceptors (Lipinski definition) is 6. The van der Waals surface area contributed by atoms with Crippen LogP contribution in [0.5, 0.6) is 11.5 Å². The van der Waals surface area contributed by atoms with Crippen LogP contribution in [0.3, 0.4) is 0 Å². The molecule has 0 fully saturated rings. The lowest BCUT2D eigenvalue weighted by molar-refractivity contribution is -0.116. The summed E-state index contributed by atoms with van der Waals surface area (Å²) in [6.07, 6.45) is 0.318. The lowest BCUT2D eigenvalue weighted by Crippen LogP contribution is -2.17. The zero-order valence-corrected chi connectivity index (χ0v) is 23.5. The first kappa shape index (κ1) is 30.3. The maximum Gasteiger partial charge on any atom is 0.337 e. The highest BCUT2D eigenvalue weighted by Crippen LogP contribution is 2.24. The van der Waals surface area contributed by atoms with Crippen LogP contribution in [-0.4, -0.2) is 48.2 Å². The summed E-state index contributed by atoms with van der Waals surface area (Å²) in [5.41, 5.74) is 2.77. The molecule has 4 aromatic carbocycles. The van der Waals surface area contributed by atoms with Crippen molar-refractivity contribution in [3.63, 3.8) is 0 Å². The molecule has 0 radical (unpaired) electrons. The Morgan fingerprint density at radius 1 is 0.558 bits per heavy atom. The molecule has 10 nitrogen and oxygen atoms in total. The van der Waals surface area contributed by atoms with Gasteiger partial charge in [-0.3, -0.25) is 9.59 Å². The van der Waals surface area contributed by atoms with E-state index in [1.54, 1.807) is 74.9 Å². The molecule has 4 N–H and O–H groups in total. The van der Waals surface area contributed by atoms with Crippen LogP contribution in [0.15, 0.2) is 84.9 Å². The van der Waals surface area contributed by atoms with Crippen molar-refractivity contribution in [2.24, 2.45) is 0 Å². The van der Waals surface area contributed by atoms with Crippen molar-refractivity contribution in [3.8, 4) is 11.5 Å². The number of methoxy groups -OCH3 is 2. The fraction of sp³-hybridized carbons (Fsp3) is 0.152. The number of carbonyl (C=O) groups is 4. The summed E-state index contributed by atoms with van der Waals surface area (Å²) in [5, 5.41) is 24.9. The van der Waals surface area contributed by atoms with Crippen LogP contribution in [0.1, 0.15) is 43.0 Å². The van der Waals surface area contributed by atoms with Crippen molar-refractivity contribution < 1.29 is 38.9 Å². The second-order valence-electron chi connectivity index (χ2n) is 9.69. The molecule has 0 heterocycles. The number of nitrogens with one attached hydrogen (secondary N) is 2. The van der Waals surface area contributed by atoms with Crippen molar-refractivity contribution in [1.82, 2.24) is 0 Å². The number of benzene rings is 4. The molecule has 0 unspecified atom stereocenters. The van der Waals surface area contributed by atoms with E-state index in [0.29, 0.717) is 22.6 Å². The average molecular weight is 583 g/mol. The summed E-state index contributed by atoms with van der Waals surface area (Å²) in [7, 11) is 3.09. The first-order valence-corrected chi connectivity index (χ1v) is 13.2. The molecule has 0 saturated carbocycles. The number of hydrogen-bond donors (Lipinski definition) is 4. The maximum atomic E-state index is 12.6. The Kier molecular flexibility index (Phi) is 9.74. The SMILES string of the molecule is COc1ccc(CC(=O)Nc2ccc(Cc3ccc(NC(=O)Cc4ccc(OC)cc4)c(C(=O)O)c3)cc2C(=O)O)cc1. The van der Waals surface area contributed by atoms with E-state index < -0.39 is 11.9 Å². The van der Waals surface area contributed by atoms with E-state index >= 15 is 0 Å². The van der Waals surface area contributed by atoms with E-state index in [4.69, 9.17) is 9.47 Å². The summed E-state index contributed by atoms with van der Waals surface area (Å²) in [6.45, 7) is 0. The lowest BCUT2D eigenvalue weighted by Gasteiger charge is -2.13. The molecule has 0 aliphatic carbocycles. The van der Waals surface area contributed by atoms with Gasteiger partial charge in [-0.15, -0.1) is 0 Å². The molecule has 0 atom stereocenters. The third-order valence-electron chi connectivity index (χ3n) is 6.63. The van der Waals surface area contributed by atoms with Crippen molar-refractivity contribution in [3.05, 3.63) is 118 Å². The third kappa shape index (κ3) is 8.20. The molecule has 4 rings (SSSR count). The predicted molar refractivity (Wildman–Crippen MR) is 160 cm³/mol. The molecule has 220 valence electrons. The molecular weight excluding hydrogens is 552 g/mol. The standard InChI is InChI=1S/C33H30N2O8/c1-42-24-9-3-20(4-10-24)18-30(36)34-28-13-7-22(16-26(28)32(38)39)15-23-8-14-29(27(17-23)33(40)41)35-31(37)19-21-5-11-25(43-2)12-6-21/h3-14,16-17H,15,18-19H2,1-2H3,(H,34,36)(H,35,37)(H,38,39)(H,40,41). The van der Waals surface area contributed by atoms with E-state index in [9.17, 15) is 29.4 Å². The van der Waals surface area contributed by atoms with Gasteiger partial charge in [0.15, 0.2) is 0 Å². The van der Waals surface area contributed by atoms with Crippen LogP contribution in [0.2, 0.25) is 0 Å². The molecule has 0 aromatic heterocycles. The number of amides is 2. The Morgan fingerprint density at radius 2 is 0.907 bits per heavy atom. The number of carbonyl (C=O) groups excluding carboxylic acids is 2. The summed E-state index contributed by atoms with van der Waals surface area (Å²) in [6, 6.07) is 23.2. The average Bonchev–Trinajstić information content (AvgIpc) is 2.99. The quantitative estimate of drug-likeness (QED) is 0.181. The van der Waals surface area contributed by atoms with Crippen molar-refractivity contribution >= 4 is 35.1 Å². The fourth-order valence-corrected chi connectivity index (χ4v) is 4.46. The Labute approximate surface area is 247 Å². The second kappa shape index (κ2) is 13.8. The molecule has 2 amide bonds. The zero-order valence-electron chi connectivity index (χ0n) is 23.5. The topological polar surface area (TPSA) is 151 Å². The number of carboxylic acids is 2. The Balaban J connectivity index is 1.45. The minimum absolute atomic E-state index is 0.0474. The highest BCUT2D eigenvalue weighted by Gasteiger charge is 2.17. The summed E-state index contributed by atoms with van der Waals surface area (Å²) < 4.78 is 10.2. The van der Waals surface area contributed by atoms with Crippen LogP contribution < -0.4 is 20.1 Å². The van der Waals surface area contributed by atoms with Gasteiger partial charge in [-0.25, -0.2) is 9.59 Å². The molecule has 10 heteroatoms. The number of aromatic carboxylic acids is 2. The van der Waals surface area contributed by atoms with Crippen LogP contribution in [0, 0.1) is 0 Å². The molecule has 0 spiro atoms. The van der Waals surface area contributed by atoms with Gasteiger partial charge < -0.3 is 30.3 Å². The first-order chi connectivity index (χ1) is 20.6. The minimum Gasteiger partial charge on any atom is -0.497 e. The Bertz CT molecular complexity index is 1520. The van der Waals surface area contributed by atoms with E-state index in [2.05, 4.69) is 10.6 Å². The van der Waals surface area contributed by atoms with Crippen molar-refractivity contribution in [1.29, 1.82) is 0 Å². The van der Waals surface area contributed by atoms with Crippen LogP contribution in [0.4, 0.5) is 11.4 Å². The van der Waals surface area contributed by atoms with Crippen molar-refractivity contribution in [2.75, 3.05) is 24.9 Å².